The van der Waals surface area contributed by atoms with E-state index in [2.05, 4.69) is 20.8 Å². The van der Waals surface area contributed by atoms with E-state index in [1.807, 2.05) is 0 Å². The Hall–Kier alpha value is -1.59. The normalized spacial score (nSPS) is 12.5. The van der Waals surface area contributed by atoms with E-state index >= 15 is 0 Å². The van der Waals surface area contributed by atoms with Gasteiger partial charge in [0.05, 0.1) is 0 Å². The van der Waals surface area contributed by atoms with Crippen LogP contribution in [0.2, 0.25) is 0 Å². The first-order chi connectivity index (χ1) is 27.9. The topological polar surface area (TPSA) is 94.9 Å². The number of carboxylic acid groups (broad SMARTS) is 2. The molecule has 0 saturated heterocycles. The number of nitrogens with zero attached hydrogens (tertiary/aromatic N) is 1. The molecule has 0 aliphatic carbocycles. The number of rotatable bonds is 47. The van der Waals surface area contributed by atoms with Crippen LogP contribution in [0.5, 0.6) is 0 Å². The number of hydrogen-bond acceptors (Lipinski definition) is 3. The van der Waals surface area contributed by atoms with E-state index < -0.39 is 17.5 Å². The summed E-state index contributed by atoms with van der Waals surface area (Å²) in [7, 11) is 0. The molecule has 0 aromatic rings. The van der Waals surface area contributed by atoms with Gasteiger partial charge in [-0.3, -0.25) is 9.59 Å². The van der Waals surface area contributed by atoms with Crippen molar-refractivity contribution in [1.82, 2.24) is 4.90 Å². The molecule has 0 spiro atoms. The minimum Gasteiger partial charge on any atom is -0.481 e. The van der Waals surface area contributed by atoms with Crippen LogP contribution >= 0.6 is 0 Å². The third-order valence-electron chi connectivity index (χ3n) is 12.6. The first-order valence-electron chi connectivity index (χ1n) is 25.6. The summed E-state index contributed by atoms with van der Waals surface area (Å²) in [5, 5.41) is 20.2. The number of carbonyl (C=O) groups is 3. The zero-order valence-corrected chi connectivity index (χ0v) is 38.7. The summed E-state index contributed by atoms with van der Waals surface area (Å²) in [4.78, 5) is 40.2. The van der Waals surface area contributed by atoms with Gasteiger partial charge in [0.15, 0.2) is 0 Å². The Bertz CT molecular complexity index is 893. The molecule has 0 unspecified atom stereocenters. The van der Waals surface area contributed by atoms with Gasteiger partial charge in [0, 0.05) is 19.4 Å². The maximum atomic E-state index is 13.8. The number of hydrogen-bond donors (Lipinski definition) is 2. The second kappa shape index (κ2) is 42.5. The quantitative estimate of drug-likeness (QED) is 0.0597. The van der Waals surface area contributed by atoms with Crippen molar-refractivity contribution >= 4 is 17.8 Å². The summed E-state index contributed by atoms with van der Waals surface area (Å²) in [6, 6.07) is 0. The first-order valence-corrected chi connectivity index (χ1v) is 25.6. The van der Waals surface area contributed by atoms with Crippen LogP contribution in [0.4, 0.5) is 0 Å². The Kier molecular flexibility index (Phi) is 41.3. The van der Waals surface area contributed by atoms with Crippen molar-refractivity contribution in [3.05, 3.63) is 0 Å². The Balaban J connectivity index is 4.27. The van der Waals surface area contributed by atoms with E-state index in [4.69, 9.17) is 0 Å². The van der Waals surface area contributed by atoms with Crippen LogP contribution in [0, 0.1) is 0 Å². The molecule has 1 atom stereocenters. The summed E-state index contributed by atoms with van der Waals surface area (Å²) < 4.78 is 0. The van der Waals surface area contributed by atoms with Gasteiger partial charge < -0.3 is 15.1 Å². The van der Waals surface area contributed by atoms with Crippen LogP contribution in [0.1, 0.15) is 297 Å². The van der Waals surface area contributed by atoms with Gasteiger partial charge in [-0.2, -0.15) is 0 Å². The second-order valence-electron chi connectivity index (χ2n) is 18.0. The van der Waals surface area contributed by atoms with Crippen LogP contribution in [-0.2, 0) is 14.4 Å². The van der Waals surface area contributed by atoms with Crippen LogP contribution in [0.15, 0.2) is 0 Å². The maximum Gasteiger partial charge on any atom is 0.329 e. The molecule has 0 radical (unpaired) electrons. The summed E-state index contributed by atoms with van der Waals surface area (Å²) in [5.41, 5.74) is -1.44. The lowest BCUT2D eigenvalue weighted by molar-refractivity contribution is -0.162. The Morgan fingerprint density at radius 1 is 0.351 bits per heavy atom. The molecule has 0 aromatic heterocycles. The average Bonchev–Trinajstić information content (AvgIpc) is 3.19. The molecule has 0 heterocycles. The molecule has 0 bridgehead atoms. The minimum absolute atomic E-state index is 0.0201. The molecular weight excluding hydrogens is 707 g/mol. The van der Waals surface area contributed by atoms with Crippen molar-refractivity contribution in [2.75, 3.05) is 6.54 Å². The van der Waals surface area contributed by atoms with Crippen LogP contribution in [0.3, 0.4) is 0 Å². The molecular formula is C51H99NO5. The summed E-state index contributed by atoms with van der Waals surface area (Å²) in [5.74, 6) is -2.13. The third kappa shape index (κ3) is 33.9. The van der Waals surface area contributed by atoms with Gasteiger partial charge in [-0.05, 0) is 25.7 Å². The van der Waals surface area contributed by atoms with Crippen LogP contribution in [0.25, 0.3) is 0 Å². The minimum atomic E-state index is -1.44. The number of unbranched alkanes of at least 4 members (excludes halogenated alkanes) is 36. The van der Waals surface area contributed by atoms with E-state index in [0.717, 1.165) is 70.6 Å². The van der Waals surface area contributed by atoms with E-state index in [1.165, 1.54) is 173 Å². The monoisotopic (exact) mass is 806 g/mol. The van der Waals surface area contributed by atoms with Crippen molar-refractivity contribution in [2.24, 2.45) is 0 Å². The highest BCUT2D eigenvalue weighted by molar-refractivity contribution is 5.87. The van der Waals surface area contributed by atoms with Gasteiger partial charge in [-0.15, -0.1) is 0 Å². The molecule has 0 fully saturated rings. The third-order valence-corrected chi connectivity index (χ3v) is 12.6. The number of aliphatic carboxylic acids is 2. The smallest absolute Gasteiger partial charge is 0.329 e. The molecule has 0 rings (SSSR count). The van der Waals surface area contributed by atoms with Gasteiger partial charge in [0.25, 0.3) is 0 Å². The predicted octanol–water partition coefficient (Wildman–Crippen LogP) is 16.6. The molecule has 0 aliphatic heterocycles. The highest BCUT2D eigenvalue weighted by Crippen LogP contribution is 2.32. The fraction of sp³-hybridized carbons (Fsp3) is 0.941. The Morgan fingerprint density at radius 3 is 0.930 bits per heavy atom. The van der Waals surface area contributed by atoms with E-state index in [-0.39, 0.29) is 18.7 Å². The van der Waals surface area contributed by atoms with Gasteiger partial charge in [-0.25, -0.2) is 4.79 Å². The molecule has 0 aliphatic rings. The molecule has 0 saturated carbocycles. The van der Waals surface area contributed by atoms with Crippen molar-refractivity contribution in [1.29, 1.82) is 0 Å². The largest absolute Gasteiger partial charge is 0.481 e. The molecule has 6 nitrogen and oxygen atoms in total. The Labute approximate surface area is 355 Å². The Morgan fingerprint density at radius 2 is 0.632 bits per heavy atom. The van der Waals surface area contributed by atoms with Crippen molar-refractivity contribution in [2.45, 2.75) is 302 Å². The van der Waals surface area contributed by atoms with Gasteiger partial charge in [0.1, 0.15) is 5.54 Å². The fourth-order valence-corrected chi connectivity index (χ4v) is 8.77. The van der Waals surface area contributed by atoms with Crippen LogP contribution in [-0.4, -0.2) is 45.0 Å². The summed E-state index contributed by atoms with van der Waals surface area (Å²) in [6.45, 7) is 7.07. The lowest BCUT2D eigenvalue weighted by Crippen LogP contribution is -2.57. The van der Waals surface area contributed by atoms with Gasteiger partial charge in [-0.1, -0.05) is 258 Å². The average molecular weight is 806 g/mol. The molecule has 0 aromatic carbocycles. The zero-order chi connectivity index (χ0) is 41.9. The molecule has 6 heteroatoms. The highest BCUT2D eigenvalue weighted by atomic mass is 16.4. The standard InChI is InChI=1S/C51H99NO5/c1-4-7-10-13-16-17-18-19-20-21-22-23-24-25-26-27-28-29-30-31-32-33-34-35-36-37-40-43-48(53)52(47-42-39-15-12-9-6-3)51(50(56)57,46-44-49(54)55)45-41-38-14-11-8-5-2/h4-47H2,1-3H3,(H,54,55)(H,56,57)/t51-/m1/s1. The molecule has 338 valence electrons. The van der Waals surface area contributed by atoms with Crippen molar-refractivity contribution < 1.29 is 24.6 Å². The lowest BCUT2D eigenvalue weighted by Gasteiger charge is -2.41. The number of carbonyl (C=O) groups excluding carboxylic acids is 1. The fourth-order valence-electron chi connectivity index (χ4n) is 8.77. The molecule has 57 heavy (non-hydrogen) atoms. The summed E-state index contributed by atoms with van der Waals surface area (Å²) >= 11 is 0. The maximum absolute atomic E-state index is 13.8. The van der Waals surface area contributed by atoms with Crippen LogP contribution < -0.4 is 0 Å². The predicted molar refractivity (Wildman–Crippen MR) is 245 cm³/mol. The van der Waals surface area contributed by atoms with E-state index in [9.17, 15) is 24.6 Å². The second-order valence-corrected chi connectivity index (χ2v) is 18.0. The van der Waals surface area contributed by atoms with Crippen molar-refractivity contribution in [3.8, 4) is 0 Å². The van der Waals surface area contributed by atoms with Gasteiger partial charge >= 0.3 is 11.9 Å². The van der Waals surface area contributed by atoms with Gasteiger partial charge in [0.2, 0.25) is 5.91 Å². The van der Waals surface area contributed by atoms with E-state index in [1.54, 1.807) is 4.90 Å². The lowest BCUT2D eigenvalue weighted by atomic mass is 9.84. The van der Waals surface area contributed by atoms with E-state index in [0.29, 0.717) is 25.8 Å². The SMILES string of the molecule is CCCCCCCCCCCCCCCCCCCCCCCCCCCCCC(=O)N(CCCCCCCC)[C@](CCCCCCCC)(CCC(=O)O)C(=O)O. The number of carboxylic acids is 2. The van der Waals surface area contributed by atoms with Crippen molar-refractivity contribution in [3.63, 3.8) is 0 Å². The zero-order valence-electron chi connectivity index (χ0n) is 38.7. The molecule has 1 amide bonds. The molecule has 2 N–H and O–H groups in total. The first kappa shape index (κ1) is 55.4. The summed E-state index contributed by atoms with van der Waals surface area (Å²) in [6.07, 6.45) is 49.3. The highest BCUT2D eigenvalue weighted by Gasteiger charge is 2.45. The number of amides is 1.